The van der Waals surface area contributed by atoms with E-state index < -0.39 is 74.2 Å². The largest absolute Gasteiger partial charge is 0.434 e. The van der Waals surface area contributed by atoms with Crippen LogP contribution in [0, 0.1) is 5.82 Å². The fourth-order valence-electron chi connectivity index (χ4n) is 3.27. The van der Waals surface area contributed by atoms with Gasteiger partial charge < -0.3 is 15.4 Å². The molecular weight excluding hydrogens is 663 g/mol. The molecule has 0 aliphatic heterocycles. The third-order valence-corrected chi connectivity index (χ3v) is 5.97. The standard InChI is InChI=1S/C25H17BrClF9N2O3/c1-3-6-12(7-4-2)20(39)37-16-9-5-8-14(18(16)28)21(40)38-19-15(26)10-13(11-17(19)41-22(29)30)23(31,24(27,32)33)25(34,35)36/h3-11,22H,1H2,2H3,(H,37,39)(H,38,40)/b7-4-,12-6+. The van der Waals surface area contributed by atoms with Gasteiger partial charge in [0.15, 0.2) is 11.6 Å². The van der Waals surface area contributed by atoms with E-state index in [9.17, 15) is 44.7 Å². The van der Waals surface area contributed by atoms with Crippen molar-refractivity contribution in [1.82, 2.24) is 0 Å². The van der Waals surface area contributed by atoms with E-state index in [1.807, 2.05) is 5.32 Å². The van der Waals surface area contributed by atoms with Gasteiger partial charge in [-0.1, -0.05) is 36.9 Å². The van der Waals surface area contributed by atoms with Crippen molar-refractivity contribution in [2.75, 3.05) is 10.6 Å². The zero-order valence-corrected chi connectivity index (χ0v) is 22.7. The lowest BCUT2D eigenvalue weighted by molar-refractivity contribution is -0.286. The summed E-state index contributed by atoms with van der Waals surface area (Å²) in [5, 5.41) is -1.51. The van der Waals surface area contributed by atoms with Crippen LogP contribution in [-0.4, -0.2) is 30.0 Å². The van der Waals surface area contributed by atoms with Crippen LogP contribution in [0.1, 0.15) is 22.8 Å². The van der Waals surface area contributed by atoms with Crippen molar-refractivity contribution in [3.8, 4) is 5.75 Å². The molecule has 2 aromatic carbocycles. The molecule has 0 radical (unpaired) electrons. The predicted octanol–water partition coefficient (Wildman–Crippen LogP) is 8.63. The van der Waals surface area contributed by atoms with Crippen LogP contribution in [0.15, 0.2) is 71.3 Å². The summed E-state index contributed by atoms with van der Waals surface area (Å²) in [5.41, 5.74) is -9.69. The molecule has 0 bridgehead atoms. The van der Waals surface area contributed by atoms with Crippen molar-refractivity contribution in [3.05, 3.63) is 88.2 Å². The third kappa shape index (κ3) is 7.44. The molecule has 0 saturated heterocycles. The van der Waals surface area contributed by atoms with E-state index in [1.54, 1.807) is 6.92 Å². The first-order valence-corrected chi connectivity index (χ1v) is 12.0. The zero-order valence-electron chi connectivity index (χ0n) is 20.4. The highest BCUT2D eigenvalue weighted by atomic mass is 79.9. The van der Waals surface area contributed by atoms with Crippen molar-refractivity contribution in [2.24, 2.45) is 0 Å². The molecule has 2 rings (SSSR count). The second-order valence-corrected chi connectivity index (χ2v) is 9.13. The molecule has 2 aromatic rings. The monoisotopic (exact) mass is 678 g/mol. The SMILES string of the molecule is C=C/C=C(\C=C/C)C(=O)Nc1cccc(C(=O)Nc2c(Br)cc(C(F)(C(F)(F)F)C(F)(F)Cl)cc2OC(F)F)c1F. The van der Waals surface area contributed by atoms with Crippen LogP contribution in [0.5, 0.6) is 5.75 Å². The number of hydrogen-bond acceptors (Lipinski definition) is 3. The Bertz CT molecular complexity index is 1380. The maximum atomic E-state index is 15.1. The number of rotatable bonds is 10. The lowest BCUT2D eigenvalue weighted by Gasteiger charge is -2.32. The molecule has 0 fully saturated rings. The Morgan fingerprint density at radius 2 is 1.73 bits per heavy atom. The maximum absolute atomic E-state index is 15.1. The van der Waals surface area contributed by atoms with E-state index in [4.69, 9.17) is 0 Å². The molecule has 16 heteroatoms. The molecule has 0 aliphatic rings. The van der Waals surface area contributed by atoms with Gasteiger partial charge >= 0.3 is 23.8 Å². The molecule has 1 unspecified atom stereocenters. The van der Waals surface area contributed by atoms with Crippen LogP contribution in [0.3, 0.4) is 0 Å². The van der Waals surface area contributed by atoms with Crippen molar-refractivity contribution in [1.29, 1.82) is 0 Å². The summed E-state index contributed by atoms with van der Waals surface area (Å²) in [4.78, 5) is 25.3. The van der Waals surface area contributed by atoms with Gasteiger partial charge in [0, 0.05) is 15.6 Å². The highest BCUT2D eigenvalue weighted by Gasteiger charge is 2.72. The third-order valence-electron chi connectivity index (χ3n) is 5.09. The van der Waals surface area contributed by atoms with Gasteiger partial charge in [0.2, 0.25) is 0 Å². The lowest BCUT2D eigenvalue weighted by atomic mass is 9.94. The van der Waals surface area contributed by atoms with E-state index in [1.165, 1.54) is 24.3 Å². The molecule has 41 heavy (non-hydrogen) atoms. The summed E-state index contributed by atoms with van der Waals surface area (Å²) in [6, 6.07) is 3.02. The number of halogens is 11. The average molecular weight is 680 g/mol. The highest BCUT2D eigenvalue weighted by Crippen LogP contribution is 2.56. The first kappa shape index (κ1) is 33.7. The highest BCUT2D eigenvalue weighted by molar-refractivity contribution is 9.10. The quantitative estimate of drug-likeness (QED) is 0.114. The van der Waals surface area contributed by atoms with Gasteiger partial charge in [0.25, 0.3) is 11.8 Å². The Balaban J connectivity index is 2.57. The molecule has 0 aliphatic carbocycles. The molecule has 0 aromatic heterocycles. The second-order valence-electron chi connectivity index (χ2n) is 7.80. The molecule has 2 N–H and O–H groups in total. The van der Waals surface area contributed by atoms with Gasteiger partial charge in [-0.25, -0.2) is 8.78 Å². The Hall–Kier alpha value is -3.46. The average Bonchev–Trinajstić information content (AvgIpc) is 2.84. The van der Waals surface area contributed by atoms with Crippen LogP contribution < -0.4 is 15.4 Å². The Morgan fingerprint density at radius 1 is 1.10 bits per heavy atom. The first-order chi connectivity index (χ1) is 18.9. The van der Waals surface area contributed by atoms with Crippen LogP contribution in [0.2, 0.25) is 0 Å². The van der Waals surface area contributed by atoms with Gasteiger partial charge in [-0.05, 0) is 58.7 Å². The molecule has 2 amide bonds. The number of alkyl halides is 9. The number of benzene rings is 2. The summed E-state index contributed by atoms with van der Waals surface area (Å²) in [7, 11) is 0. The van der Waals surface area contributed by atoms with Crippen LogP contribution in [0.4, 0.5) is 50.9 Å². The normalized spacial score (nSPS) is 14.1. The number of anilines is 2. The van der Waals surface area contributed by atoms with E-state index in [0.29, 0.717) is 0 Å². The number of carbonyl (C=O) groups is 2. The molecule has 222 valence electrons. The number of carbonyl (C=O) groups excluding carboxylic acids is 2. The van der Waals surface area contributed by atoms with Gasteiger partial charge in [0.1, 0.15) is 0 Å². The molecule has 5 nitrogen and oxygen atoms in total. The van der Waals surface area contributed by atoms with Crippen LogP contribution >= 0.6 is 27.5 Å². The molecule has 0 spiro atoms. The fraction of sp³-hybridized carbons (Fsp3) is 0.200. The van der Waals surface area contributed by atoms with Crippen LogP contribution in [0.25, 0.3) is 0 Å². The van der Waals surface area contributed by atoms with Crippen molar-refractivity contribution >= 4 is 50.7 Å². The Labute approximate surface area is 239 Å². The topological polar surface area (TPSA) is 67.4 Å². The van der Waals surface area contributed by atoms with E-state index in [0.717, 1.165) is 18.2 Å². The summed E-state index contributed by atoms with van der Waals surface area (Å²) in [5.74, 6) is -4.94. The maximum Gasteiger partial charge on any atom is 0.434 e. The zero-order chi connectivity index (χ0) is 31.3. The summed E-state index contributed by atoms with van der Waals surface area (Å²) < 4.78 is 127. The minimum absolute atomic E-state index is 0.0554. The van der Waals surface area contributed by atoms with Gasteiger partial charge in [-0.2, -0.15) is 30.7 Å². The smallest absolute Gasteiger partial charge is 0.433 e. The first-order valence-electron chi connectivity index (χ1n) is 10.9. The molecular formula is C25H17BrClF9N2O3. The number of allylic oxidation sites excluding steroid dienone is 3. The van der Waals surface area contributed by atoms with Crippen molar-refractivity contribution < 1.29 is 53.8 Å². The van der Waals surface area contributed by atoms with Crippen molar-refractivity contribution in [3.63, 3.8) is 0 Å². The number of hydrogen-bond donors (Lipinski definition) is 2. The van der Waals surface area contributed by atoms with Gasteiger partial charge in [0.05, 0.1) is 16.9 Å². The fourth-order valence-corrected chi connectivity index (χ4v) is 4.03. The second kappa shape index (κ2) is 13.0. The number of nitrogens with one attached hydrogen (secondary N) is 2. The molecule has 1 atom stereocenters. The predicted molar refractivity (Wildman–Crippen MR) is 136 cm³/mol. The summed E-state index contributed by atoms with van der Waals surface area (Å²) in [6.07, 6.45) is -0.866. The van der Waals surface area contributed by atoms with Gasteiger partial charge in [-0.15, -0.1) is 0 Å². The van der Waals surface area contributed by atoms with E-state index in [2.05, 4.69) is 44.2 Å². The van der Waals surface area contributed by atoms with E-state index in [-0.39, 0.29) is 17.7 Å². The lowest BCUT2D eigenvalue weighted by Crippen LogP contribution is -2.49. The number of ether oxygens (including phenoxy) is 1. The minimum Gasteiger partial charge on any atom is -0.433 e. The van der Waals surface area contributed by atoms with Crippen molar-refractivity contribution in [2.45, 2.75) is 30.8 Å². The van der Waals surface area contributed by atoms with Crippen LogP contribution in [-0.2, 0) is 10.5 Å². The van der Waals surface area contributed by atoms with E-state index >= 15 is 4.39 Å². The van der Waals surface area contributed by atoms with Gasteiger partial charge in [-0.3, -0.25) is 9.59 Å². The number of amides is 2. The Morgan fingerprint density at radius 3 is 2.24 bits per heavy atom. The Kier molecular flexibility index (Phi) is 10.7. The molecule has 0 heterocycles. The summed E-state index contributed by atoms with van der Waals surface area (Å²) >= 11 is 7.00. The minimum atomic E-state index is -6.34. The molecule has 0 saturated carbocycles. The summed E-state index contributed by atoms with van der Waals surface area (Å²) in [6.45, 7) is 1.25.